The number of halogens is 3. The number of nitrogens with zero attached hydrogens (tertiary/aromatic N) is 5. The van der Waals surface area contributed by atoms with E-state index in [2.05, 4.69) is 78.0 Å². The SMILES string of the molecule is C=C(C(C)=N/C(F)=C\C)[C@H](Nc1cc(C#N)c2ncc(C#N)c(NCC3C(C)(C)C3(C)C)c2c1)C1=CN(C2(C(F)F)CC2)NN1. The zero-order valence-electron chi connectivity index (χ0n) is 26.3. The van der Waals surface area contributed by atoms with Crippen molar-refractivity contribution in [1.29, 1.82) is 10.5 Å². The third-order valence-electron chi connectivity index (χ3n) is 10.2. The third-order valence-corrected chi connectivity index (χ3v) is 10.2. The third kappa shape index (κ3) is 5.48. The number of nitriles is 2. The number of benzene rings is 1. The summed E-state index contributed by atoms with van der Waals surface area (Å²) in [6.07, 6.45) is 2.31. The van der Waals surface area contributed by atoms with E-state index in [1.54, 1.807) is 25.3 Å². The van der Waals surface area contributed by atoms with E-state index >= 15 is 0 Å². The first kappa shape index (κ1) is 31.9. The zero-order valence-corrected chi connectivity index (χ0v) is 26.3. The molecule has 2 fully saturated rings. The summed E-state index contributed by atoms with van der Waals surface area (Å²) in [5.41, 5.74) is 7.90. The lowest BCUT2D eigenvalue weighted by atomic mass is 10.00. The maximum Gasteiger partial charge on any atom is 0.262 e. The Labute approximate surface area is 261 Å². The van der Waals surface area contributed by atoms with Gasteiger partial charge in [-0.1, -0.05) is 34.3 Å². The van der Waals surface area contributed by atoms with Gasteiger partial charge < -0.3 is 16.1 Å². The number of hydrazine groups is 2. The van der Waals surface area contributed by atoms with Crippen LogP contribution in [0, 0.1) is 39.4 Å². The highest BCUT2D eigenvalue weighted by atomic mass is 19.3. The number of aromatic nitrogens is 1. The van der Waals surface area contributed by atoms with Crippen LogP contribution in [0.5, 0.6) is 0 Å². The first-order valence-corrected chi connectivity index (χ1v) is 14.9. The number of hydrogen-bond donors (Lipinski definition) is 4. The minimum atomic E-state index is -2.57. The number of nitrogens with one attached hydrogen (secondary N) is 4. The predicted octanol–water partition coefficient (Wildman–Crippen LogP) is 6.66. The van der Waals surface area contributed by atoms with Gasteiger partial charge >= 0.3 is 0 Å². The first-order valence-electron chi connectivity index (χ1n) is 14.9. The molecule has 3 aliphatic rings. The minimum Gasteiger partial charge on any atom is -0.383 e. The Hall–Kier alpha value is -4.55. The molecule has 236 valence electrons. The van der Waals surface area contributed by atoms with E-state index < -0.39 is 24.0 Å². The van der Waals surface area contributed by atoms with Crippen molar-refractivity contribution in [1.82, 2.24) is 21.0 Å². The Bertz CT molecular complexity index is 1710. The van der Waals surface area contributed by atoms with Gasteiger partial charge in [0.05, 0.1) is 34.1 Å². The molecule has 2 aromatic rings. The summed E-state index contributed by atoms with van der Waals surface area (Å²) in [5.74, 6) is -0.330. The fourth-order valence-electron chi connectivity index (χ4n) is 6.23. The molecule has 0 amide bonds. The van der Waals surface area contributed by atoms with Crippen LogP contribution in [0.1, 0.15) is 65.5 Å². The molecule has 0 saturated heterocycles. The monoisotopic (exact) mass is 617 g/mol. The van der Waals surface area contributed by atoms with E-state index in [4.69, 9.17) is 0 Å². The van der Waals surface area contributed by atoms with Crippen molar-refractivity contribution in [2.24, 2.45) is 21.7 Å². The summed E-state index contributed by atoms with van der Waals surface area (Å²) >= 11 is 0. The number of allylic oxidation sites excluding steroid dienone is 1. The van der Waals surface area contributed by atoms with Gasteiger partial charge in [0.1, 0.15) is 17.7 Å². The van der Waals surface area contributed by atoms with Gasteiger partial charge in [-0.25, -0.2) is 13.8 Å². The van der Waals surface area contributed by atoms with Crippen LogP contribution in [0.3, 0.4) is 0 Å². The van der Waals surface area contributed by atoms with E-state index in [1.807, 2.05) is 0 Å². The molecule has 4 N–H and O–H groups in total. The number of rotatable bonds is 11. The van der Waals surface area contributed by atoms with Gasteiger partial charge in [0, 0.05) is 35.7 Å². The summed E-state index contributed by atoms with van der Waals surface area (Å²) in [4.78, 5) is 8.42. The average Bonchev–Trinajstić information content (AvgIpc) is 3.79. The van der Waals surface area contributed by atoms with Gasteiger partial charge in [-0.05, 0) is 67.2 Å². The number of alkyl halides is 2. The second-order valence-electron chi connectivity index (χ2n) is 13.1. The molecular formula is C33H38F3N9. The van der Waals surface area contributed by atoms with Crippen LogP contribution in [0.15, 0.2) is 59.4 Å². The Balaban J connectivity index is 1.56. The van der Waals surface area contributed by atoms with E-state index in [-0.39, 0.29) is 22.1 Å². The Morgan fingerprint density at radius 1 is 1.20 bits per heavy atom. The van der Waals surface area contributed by atoms with Crippen molar-refractivity contribution >= 4 is 28.0 Å². The standard InChI is InChI=1S/C33H38F3N9/c1-8-26(34)41-19(3)18(2)27(24-17-45(44-43-24)33(9-10-33)30(35)36)42-22-11-20(13-37)28-23(12-22)29(21(14-38)15-39-28)40-16-25-31(4,5)32(25,6)7/h8,11-12,15,17,25,27,30,42-44H,2,9-10,16H2,1,3-7H3,(H,39,40)/b26-8-,41-19?/t27-/m0/s1. The van der Waals surface area contributed by atoms with Crippen LogP contribution in [-0.4, -0.2) is 40.3 Å². The van der Waals surface area contributed by atoms with Crippen LogP contribution < -0.4 is 21.6 Å². The Morgan fingerprint density at radius 2 is 1.87 bits per heavy atom. The summed E-state index contributed by atoms with van der Waals surface area (Å²) < 4.78 is 41.9. The van der Waals surface area contributed by atoms with Gasteiger partial charge in [0.25, 0.3) is 6.43 Å². The number of aliphatic imine (C=N–C) groups is 1. The molecule has 0 radical (unpaired) electrons. The van der Waals surface area contributed by atoms with Gasteiger partial charge in [0.15, 0.2) is 0 Å². The van der Waals surface area contributed by atoms with Crippen molar-refractivity contribution in [2.45, 2.75) is 72.4 Å². The van der Waals surface area contributed by atoms with Crippen molar-refractivity contribution < 1.29 is 13.2 Å². The van der Waals surface area contributed by atoms with Gasteiger partial charge in [-0.3, -0.25) is 9.99 Å². The maximum absolute atomic E-state index is 14.1. The van der Waals surface area contributed by atoms with Crippen molar-refractivity contribution in [3.05, 3.63) is 65.5 Å². The van der Waals surface area contributed by atoms with Crippen molar-refractivity contribution in [2.75, 3.05) is 17.2 Å². The fraction of sp³-hybridized carbons (Fsp3) is 0.455. The van der Waals surface area contributed by atoms with Gasteiger partial charge in [-0.2, -0.15) is 14.9 Å². The molecule has 2 heterocycles. The second kappa shape index (κ2) is 11.4. The molecule has 0 spiro atoms. The molecule has 2 aliphatic carbocycles. The molecule has 1 aromatic heterocycles. The molecule has 5 rings (SSSR count). The predicted molar refractivity (Wildman–Crippen MR) is 169 cm³/mol. The van der Waals surface area contributed by atoms with Gasteiger partial charge in [0.2, 0.25) is 5.95 Å². The van der Waals surface area contributed by atoms with E-state index in [1.165, 1.54) is 24.2 Å². The summed E-state index contributed by atoms with van der Waals surface area (Å²) in [7, 11) is 0. The van der Waals surface area contributed by atoms with Crippen molar-refractivity contribution in [3.63, 3.8) is 0 Å². The molecular weight excluding hydrogens is 579 g/mol. The topological polar surface area (TPSA) is 124 Å². The Kier molecular flexibility index (Phi) is 8.09. The van der Waals surface area contributed by atoms with Crippen LogP contribution in [0.4, 0.5) is 24.5 Å². The van der Waals surface area contributed by atoms with Crippen LogP contribution in [0.2, 0.25) is 0 Å². The quantitative estimate of drug-likeness (QED) is 0.163. The van der Waals surface area contributed by atoms with Crippen molar-refractivity contribution in [3.8, 4) is 12.1 Å². The number of anilines is 2. The molecule has 1 aliphatic heterocycles. The Morgan fingerprint density at radius 3 is 2.42 bits per heavy atom. The smallest absolute Gasteiger partial charge is 0.262 e. The molecule has 45 heavy (non-hydrogen) atoms. The first-order chi connectivity index (χ1) is 21.2. The second-order valence-corrected chi connectivity index (χ2v) is 13.1. The number of pyridine rings is 1. The summed E-state index contributed by atoms with van der Waals surface area (Å²) in [6, 6.07) is 7.04. The number of hydrogen-bond acceptors (Lipinski definition) is 9. The highest BCUT2D eigenvalue weighted by Gasteiger charge is 2.64. The van der Waals surface area contributed by atoms with E-state index in [0.717, 1.165) is 0 Å². The van der Waals surface area contributed by atoms with Crippen LogP contribution >= 0.6 is 0 Å². The van der Waals surface area contributed by atoms with E-state index in [9.17, 15) is 23.7 Å². The summed E-state index contributed by atoms with van der Waals surface area (Å²) in [6.45, 7) is 16.8. The molecule has 1 atom stereocenters. The lowest BCUT2D eigenvalue weighted by Gasteiger charge is -2.25. The fourth-order valence-corrected chi connectivity index (χ4v) is 6.23. The lowest BCUT2D eigenvalue weighted by molar-refractivity contribution is 0.00912. The van der Waals surface area contributed by atoms with Crippen LogP contribution in [-0.2, 0) is 0 Å². The molecule has 0 unspecified atom stereocenters. The molecule has 1 aromatic carbocycles. The van der Waals surface area contributed by atoms with Gasteiger partial charge in [-0.15, -0.1) is 5.53 Å². The summed E-state index contributed by atoms with van der Waals surface area (Å²) in [5, 5.41) is 28.8. The highest BCUT2D eigenvalue weighted by Crippen LogP contribution is 2.68. The highest BCUT2D eigenvalue weighted by molar-refractivity contribution is 6.01. The van der Waals surface area contributed by atoms with Crippen LogP contribution in [0.25, 0.3) is 10.9 Å². The maximum atomic E-state index is 14.1. The largest absolute Gasteiger partial charge is 0.383 e. The lowest BCUT2D eigenvalue weighted by Crippen LogP contribution is -2.48. The molecule has 2 saturated carbocycles. The molecule has 12 heteroatoms. The van der Waals surface area contributed by atoms with E-state index in [0.29, 0.717) is 64.4 Å². The average molecular weight is 618 g/mol. The molecule has 0 bridgehead atoms. The normalized spacial score (nSPS) is 20.6. The molecule has 9 nitrogen and oxygen atoms in total. The number of fused-ring (bicyclic) bond motifs is 1. The minimum absolute atomic E-state index is 0.118. The zero-order chi connectivity index (χ0) is 32.9.